The largest absolute Gasteiger partial charge is 0.510 e. The lowest BCUT2D eigenvalue weighted by molar-refractivity contribution is -0.151. The summed E-state index contributed by atoms with van der Waals surface area (Å²) in [5.41, 5.74) is 0.869. The number of likely N-dealkylation sites (N-methyl/N-ethyl adjacent to an activating group) is 1. The van der Waals surface area contributed by atoms with Crippen LogP contribution in [0, 0.1) is 23.7 Å². The Morgan fingerprint density at radius 3 is 2.21 bits per heavy atom. The number of Topliss-reactive ketones (excluding diaryl/α,β-unsaturated/α-hetero) is 1. The van der Waals surface area contributed by atoms with Crippen LogP contribution in [0.1, 0.15) is 60.8 Å². The fraction of sp³-hybridized carbons (Fsp3) is 0.613. The quantitative estimate of drug-likeness (QED) is 0.303. The van der Waals surface area contributed by atoms with Crippen molar-refractivity contribution in [2.24, 2.45) is 29.4 Å². The number of hydrogen-bond acceptors (Lipinski definition) is 8. The number of phenols is 1. The van der Waals surface area contributed by atoms with Crippen molar-refractivity contribution < 1.29 is 43.2 Å². The topological polar surface area (TPSA) is 148 Å². The van der Waals surface area contributed by atoms with Gasteiger partial charge in [-0.3, -0.25) is 19.4 Å². The minimum Gasteiger partial charge on any atom is -0.510 e. The van der Waals surface area contributed by atoms with Crippen molar-refractivity contribution in [3.63, 3.8) is 0 Å². The highest BCUT2D eigenvalue weighted by molar-refractivity contribution is 6.10. The first-order valence-electron chi connectivity index (χ1n) is 14.9. The molecule has 5 aliphatic rings. The van der Waals surface area contributed by atoms with Crippen molar-refractivity contribution in [3.05, 3.63) is 45.2 Å². The Morgan fingerprint density at radius 2 is 1.70 bits per heavy atom. The van der Waals surface area contributed by atoms with E-state index < -0.39 is 76.2 Å². The lowest BCUT2D eigenvalue weighted by Gasteiger charge is -2.51. The number of hydrogen-bond donors (Lipinski definition) is 5. The minimum atomic E-state index is -4.80. The average Bonchev–Trinajstić information content (AvgIpc) is 3.81. The predicted octanol–water partition coefficient (Wildman–Crippen LogP) is 3.43. The third-order valence-corrected chi connectivity index (χ3v) is 10.0. The molecule has 1 aromatic carbocycles. The van der Waals surface area contributed by atoms with Crippen LogP contribution in [0.4, 0.5) is 13.2 Å². The monoisotopic (exact) mass is 605 g/mol. The zero-order valence-electron chi connectivity index (χ0n) is 24.2. The van der Waals surface area contributed by atoms with Gasteiger partial charge >= 0.3 is 6.18 Å². The van der Waals surface area contributed by atoms with Gasteiger partial charge in [0.05, 0.1) is 22.7 Å². The maximum absolute atomic E-state index is 14.9. The third kappa shape index (κ3) is 5.10. The number of alkyl halides is 3. The fourth-order valence-corrected chi connectivity index (χ4v) is 7.73. The van der Waals surface area contributed by atoms with E-state index in [-0.39, 0.29) is 41.7 Å². The van der Waals surface area contributed by atoms with E-state index in [0.717, 1.165) is 31.7 Å². The summed E-state index contributed by atoms with van der Waals surface area (Å²) in [4.78, 5) is 29.6. The second kappa shape index (κ2) is 10.2. The number of primary amides is 1. The van der Waals surface area contributed by atoms with Crippen LogP contribution in [0.3, 0.4) is 0 Å². The minimum absolute atomic E-state index is 0.00323. The van der Waals surface area contributed by atoms with Crippen molar-refractivity contribution in [3.8, 4) is 5.75 Å². The van der Waals surface area contributed by atoms with E-state index in [2.05, 4.69) is 0 Å². The number of carbonyl (C=O) groups is 2. The van der Waals surface area contributed by atoms with Crippen molar-refractivity contribution in [2.75, 3.05) is 27.2 Å². The molecule has 3 fully saturated rings. The van der Waals surface area contributed by atoms with Gasteiger partial charge in [-0.2, -0.15) is 13.2 Å². The van der Waals surface area contributed by atoms with E-state index >= 15 is 0 Å². The maximum Gasteiger partial charge on any atom is 0.417 e. The summed E-state index contributed by atoms with van der Waals surface area (Å²) in [7, 11) is 3.16. The summed E-state index contributed by atoms with van der Waals surface area (Å²) >= 11 is 0. The molecular weight excluding hydrogens is 567 g/mol. The maximum atomic E-state index is 14.9. The lowest BCUT2D eigenvalue weighted by atomic mass is 9.57. The number of benzene rings is 1. The van der Waals surface area contributed by atoms with Crippen molar-refractivity contribution in [1.29, 1.82) is 0 Å². The molecule has 6 N–H and O–H groups in total. The van der Waals surface area contributed by atoms with E-state index in [1.165, 1.54) is 4.90 Å². The van der Waals surface area contributed by atoms with Crippen molar-refractivity contribution >= 4 is 17.4 Å². The summed E-state index contributed by atoms with van der Waals surface area (Å²) in [6.07, 6.45) is -1.57. The van der Waals surface area contributed by atoms with Gasteiger partial charge in [-0.15, -0.1) is 0 Å². The van der Waals surface area contributed by atoms with Gasteiger partial charge in [0.25, 0.3) is 0 Å². The summed E-state index contributed by atoms with van der Waals surface area (Å²) in [5, 5.41) is 45.1. The first-order chi connectivity index (χ1) is 20.1. The predicted molar refractivity (Wildman–Crippen MR) is 150 cm³/mol. The molecule has 0 unspecified atom stereocenters. The molecule has 0 spiro atoms. The van der Waals surface area contributed by atoms with E-state index in [1.807, 2.05) is 4.90 Å². The molecule has 4 atom stereocenters. The van der Waals surface area contributed by atoms with Crippen LogP contribution >= 0.6 is 0 Å². The molecule has 6 rings (SSSR count). The van der Waals surface area contributed by atoms with Crippen LogP contribution in [-0.2, 0) is 28.7 Å². The molecule has 9 nitrogen and oxygen atoms in total. The van der Waals surface area contributed by atoms with Gasteiger partial charge in [-0.1, -0.05) is 0 Å². The smallest absolute Gasteiger partial charge is 0.417 e. The average molecular weight is 606 g/mol. The van der Waals surface area contributed by atoms with Gasteiger partial charge in [-0.05, 0) is 87.6 Å². The van der Waals surface area contributed by atoms with Gasteiger partial charge in [0.2, 0.25) is 5.91 Å². The van der Waals surface area contributed by atoms with Crippen LogP contribution in [0.2, 0.25) is 0 Å². The first kappa shape index (κ1) is 30.0. The molecule has 0 bridgehead atoms. The molecule has 3 saturated carbocycles. The van der Waals surface area contributed by atoms with Crippen LogP contribution in [0.15, 0.2) is 23.0 Å². The molecule has 5 aliphatic carbocycles. The molecule has 0 aromatic heterocycles. The highest BCUT2D eigenvalue weighted by Crippen LogP contribution is 2.55. The van der Waals surface area contributed by atoms with Gasteiger partial charge in [-0.25, -0.2) is 0 Å². The Morgan fingerprint density at radius 1 is 1.09 bits per heavy atom. The van der Waals surface area contributed by atoms with Gasteiger partial charge < -0.3 is 26.2 Å². The van der Waals surface area contributed by atoms with Crippen LogP contribution in [0.5, 0.6) is 5.75 Å². The van der Waals surface area contributed by atoms with Crippen LogP contribution in [-0.4, -0.2) is 80.7 Å². The third-order valence-electron chi connectivity index (χ3n) is 10.0. The highest BCUT2D eigenvalue weighted by Gasteiger charge is 2.60. The molecule has 12 heteroatoms. The summed E-state index contributed by atoms with van der Waals surface area (Å²) in [6.45, 7) is 1.38. The number of aliphatic hydroxyl groups excluding tert-OH is 2. The SMILES string of the molecule is CN(C)[C@@H]1C(O)=C(C(N)=O)C[C@@]2(O)C(=O)C3=C(O)c4c(O)cc(CN(CC5CC5)CC5CC5)c(C(F)(F)F)c4C[C@H]3C[C@@H]12. The number of aromatic hydroxyl groups is 1. The zero-order valence-corrected chi connectivity index (χ0v) is 24.2. The normalized spacial score (nSPS) is 29.2. The number of halogens is 3. The Labute approximate surface area is 247 Å². The van der Waals surface area contributed by atoms with E-state index in [4.69, 9.17) is 5.73 Å². The standard InChI is InChI=1S/C31H38F3N3O6/c1-36(2)25-20-8-16-7-18-23(27(40)22(16)28(41)30(20,43)10-19(26(25)39)29(35)42)21(38)9-17(24(18)31(32,33)34)13-37(11-14-3-4-14)12-15-5-6-15/h9,14-16,20,25,38-40,43H,3-8,10-13H2,1-2H3,(H2,35,42)/t16-,20-,25-,30-/m0/s1. The molecule has 0 saturated heterocycles. The highest BCUT2D eigenvalue weighted by atomic mass is 19.4. The number of aliphatic hydroxyl groups is 3. The van der Waals surface area contributed by atoms with Gasteiger partial charge in [0, 0.05) is 37.5 Å². The lowest BCUT2D eigenvalue weighted by Crippen LogP contribution is -2.62. The molecule has 0 radical (unpaired) electrons. The molecule has 1 amide bonds. The Hall–Kier alpha value is -3.09. The summed E-state index contributed by atoms with van der Waals surface area (Å²) < 4.78 is 44.6. The second-order valence-corrected chi connectivity index (χ2v) is 13.4. The Kier molecular flexibility index (Phi) is 7.13. The van der Waals surface area contributed by atoms with Crippen LogP contribution in [0.25, 0.3) is 5.76 Å². The molecular formula is C31H38F3N3O6. The number of nitrogens with two attached hydrogens (primary N) is 1. The zero-order chi connectivity index (χ0) is 31.2. The number of amides is 1. The number of carbonyl (C=O) groups excluding carboxylic acids is 2. The fourth-order valence-electron chi connectivity index (χ4n) is 7.73. The van der Waals surface area contributed by atoms with E-state index in [1.54, 1.807) is 14.1 Å². The second-order valence-electron chi connectivity index (χ2n) is 13.4. The molecule has 0 heterocycles. The number of rotatable bonds is 8. The molecule has 1 aromatic rings. The summed E-state index contributed by atoms with van der Waals surface area (Å²) in [6, 6.07) is 0.0286. The summed E-state index contributed by atoms with van der Waals surface area (Å²) in [5.74, 6) is -4.74. The van der Waals surface area contributed by atoms with Gasteiger partial charge in [0.15, 0.2) is 5.78 Å². The van der Waals surface area contributed by atoms with Gasteiger partial charge in [0.1, 0.15) is 22.9 Å². The van der Waals surface area contributed by atoms with Crippen molar-refractivity contribution in [1.82, 2.24) is 9.80 Å². The van der Waals surface area contributed by atoms with E-state index in [0.29, 0.717) is 24.9 Å². The number of phenolic OH excluding ortho intramolecular Hbond substituents is 1. The molecule has 43 heavy (non-hydrogen) atoms. The number of nitrogens with zero attached hydrogens (tertiary/aromatic N) is 2. The Bertz CT molecular complexity index is 1430. The van der Waals surface area contributed by atoms with Crippen LogP contribution < -0.4 is 5.73 Å². The number of ketones is 1. The molecule has 0 aliphatic heterocycles. The van der Waals surface area contributed by atoms with E-state index in [9.17, 15) is 43.2 Å². The Balaban J connectivity index is 1.45. The first-order valence-corrected chi connectivity index (χ1v) is 14.9. The molecule has 234 valence electrons. The number of fused-ring (bicyclic) bond motifs is 3. The van der Waals surface area contributed by atoms with Crippen molar-refractivity contribution in [2.45, 2.75) is 69.3 Å².